The zero-order chi connectivity index (χ0) is 13.4. The number of rotatable bonds is 2. The van der Waals surface area contributed by atoms with Gasteiger partial charge >= 0.3 is 6.09 Å². The summed E-state index contributed by atoms with van der Waals surface area (Å²) in [5, 5.41) is 9.12. The molecule has 4 nitrogen and oxygen atoms in total. The monoisotopic (exact) mass is 260 g/mol. The third-order valence-corrected chi connectivity index (χ3v) is 4.64. The lowest BCUT2D eigenvalue weighted by atomic mass is 10.0. The van der Waals surface area contributed by atoms with Crippen molar-refractivity contribution < 1.29 is 9.90 Å². The molecular formula is C15H20N2O2. The Bertz CT molecular complexity index is 462. The zero-order valence-electron chi connectivity index (χ0n) is 11.2. The average molecular weight is 260 g/mol. The normalized spacial score (nSPS) is 28.4. The van der Waals surface area contributed by atoms with Crippen molar-refractivity contribution >= 4 is 6.09 Å². The molecule has 0 aromatic heterocycles. The Kier molecular flexibility index (Phi) is 3.19. The van der Waals surface area contributed by atoms with Gasteiger partial charge in [-0.2, -0.15) is 0 Å². The molecule has 0 saturated carbocycles. The highest BCUT2D eigenvalue weighted by Crippen LogP contribution is 2.36. The van der Waals surface area contributed by atoms with E-state index >= 15 is 0 Å². The van der Waals surface area contributed by atoms with Gasteiger partial charge in [-0.3, -0.25) is 4.90 Å². The number of hydrogen-bond donors (Lipinski definition) is 1. The molecule has 3 rings (SSSR count). The Hall–Kier alpha value is -1.55. The van der Waals surface area contributed by atoms with Gasteiger partial charge in [0.2, 0.25) is 0 Å². The zero-order valence-corrected chi connectivity index (χ0v) is 11.2. The minimum absolute atomic E-state index is 0.366. The summed E-state index contributed by atoms with van der Waals surface area (Å²) in [6.07, 6.45) is 0.340. The summed E-state index contributed by atoms with van der Waals surface area (Å²) in [5.41, 5.74) is 1.32. The second kappa shape index (κ2) is 4.85. The molecular weight excluding hydrogens is 240 g/mol. The van der Waals surface area contributed by atoms with Crippen molar-refractivity contribution in [2.45, 2.75) is 25.4 Å². The van der Waals surface area contributed by atoms with Gasteiger partial charge in [0, 0.05) is 25.2 Å². The van der Waals surface area contributed by atoms with Crippen LogP contribution >= 0.6 is 0 Å². The van der Waals surface area contributed by atoms with Crippen LogP contribution in [0.5, 0.6) is 0 Å². The van der Waals surface area contributed by atoms with E-state index in [1.54, 1.807) is 4.90 Å². The first-order valence-corrected chi connectivity index (χ1v) is 6.95. The van der Waals surface area contributed by atoms with Crippen LogP contribution in [0.15, 0.2) is 30.3 Å². The Morgan fingerprint density at radius 2 is 2.05 bits per heavy atom. The van der Waals surface area contributed by atoms with E-state index in [0.29, 0.717) is 31.1 Å². The second-order valence-corrected chi connectivity index (χ2v) is 5.63. The summed E-state index contributed by atoms with van der Waals surface area (Å²) in [5.74, 6) is 0.516. The summed E-state index contributed by atoms with van der Waals surface area (Å²) in [6.45, 7) is 4.68. The predicted molar refractivity (Wildman–Crippen MR) is 73.1 cm³/mol. The third-order valence-electron chi connectivity index (χ3n) is 4.64. The molecule has 1 aromatic carbocycles. The summed E-state index contributed by atoms with van der Waals surface area (Å²) in [4.78, 5) is 15.1. The van der Waals surface area contributed by atoms with Gasteiger partial charge in [-0.1, -0.05) is 30.3 Å². The highest BCUT2D eigenvalue weighted by atomic mass is 16.4. The predicted octanol–water partition coefficient (Wildman–Crippen LogP) is 2.43. The third kappa shape index (κ3) is 2.21. The minimum atomic E-state index is -0.776. The maximum Gasteiger partial charge on any atom is 0.407 e. The van der Waals surface area contributed by atoms with Crippen molar-refractivity contribution in [1.29, 1.82) is 0 Å². The first-order valence-electron chi connectivity index (χ1n) is 6.95. The van der Waals surface area contributed by atoms with Gasteiger partial charge in [-0.25, -0.2) is 4.79 Å². The van der Waals surface area contributed by atoms with Crippen LogP contribution in [0.2, 0.25) is 0 Å². The lowest BCUT2D eigenvalue weighted by Crippen LogP contribution is -2.38. The van der Waals surface area contributed by atoms with Gasteiger partial charge in [0.05, 0.1) is 0 Å². The van der Waals surface area contributed by atoms with E-state index in [4.69, 9.17) is 5.11 Å². The molecule has 0 bridgehead atoms. The van der Waals surface area contributed by atoms with Crippen LogP contribution < -0.4 is 0 Å². The van der Waals surface area contributed by atoms with E-state index in [2.05, 4.69) is 36.1 Å². The Labute approximate surface area is 113 Å². The van der Waals surface area contributed by atoms with Crippen molar-refractivity contribution in [3.63, 3.8) is 0 Å². The first kappa shape index (κ1) is 12.5. The van der Waals surface area contributed by atoms with Crippen LogP contribution in [0.3, 0.4) is 0 Å². The first-order chi connectivity index (χ1) is 9.16. The molecule has 0 radical (unpaired) electrons. The molecule has 3 atom stereocenters. The highest BCUT2D eigenvalue weighted by molar-refractivity contribution is 5.65. The maximum atomic E-state index is 11.1. The summed E-state index contributed by atoms with van der Waals surface area (Å²) >= 11 is 0. The highest BCUT2D eigenvalue weighted by Gasteiger charge is 2.44. The Balaban J connectivity index is 1.75. The van der Waals surface area contributed by atoms with Crippen molar-refractivity contribution in [2.75, 3.05) is 19.6 Å². The number of carboxylic acid groups (broad SMARTS) is 1. The number of likely N-dealkylation sites (tertiary alicyclic amines) is 2. The van der Waals surface area contributed by atoms with E-state index in [9.17, 15) is 4.79 Å². The SMILES string of the molecule is C[C@H](c1ccccc1)N1CCC2CN(C(=O)O)CC21. The van der Waals surface area contributed by atoms with Gasteiger partial charge in [-0.15, -0.1) is 0 Å². The molecule has 2 aliphatic heterocycles. The molecule has 1 aromatic rings. The lowest BCUT2D eigenvalue weighted by molar-refractivity contribution is 0.140. The largest absolute Gasteiger partial charge is 0.465 e. The number of benzene rings is 1. The molecule has 2 saturated heterocycles. The van der Waals surface area contributed by atoms with Crippen LogP contribution in [0, 0.1) is 5.92 Å². The quantitative estimate of drug-likeness (QED) is 0.888. The molecule has 1 amide bonds. The standard InChI is InChI=1S/C15H20N2O2/c1-11(12-5-3-2-4-6-12)17-8-7-13-9-16(15(18)19)10-14(13)17/h2-6,11,13-14H,7-10H2,1H3,(H,18,19)/t11-,13?,14?/m1/s1. The Morgan fingerprint density at radius 1 is 1.32 bits per heavy atom. The fraction of sp³-hybridized carbons (Fsp3) is 0.533. The van der Waals surface area contributed by atoms with Gasteiger partial charge < -0.3 is 10.0 Å². The molecule has 4 heteroatoms. The van der Waals surface area contributed by atoms with Gasteiger partial charge in [0.1, 0.15) is 0 Å². The van der Waals surface area contributed by atoms with Gasteiger partial charge in [0.25, 0.3) is 0 Å². The van der Waals surface area contributed by atoms with Crippen molar-refractivity contribution in [3.05, 3.63) is 35.9 Å². The van der Waals surface area contributed by atoms with Crippen molar-refractivity contribution in [3.8, 4) is 0 Å². The molecule has 102 valence electrons. The van der Waals surface area contributed by atoms with Gasteiger partial charge in [-0.05, 0) is 31.4 Å². The molecule has 2 aliphatic rings. The summed E-state index contributed by atoms with van der Waals surface area (Å²) < 4.78 is 0. The molecule has 1 N–H and O–H groups in total. The maximum absolute atomic E-state index is 11.1. The van der Waals surface area contributed by atoms with Crippen molar-refractivity contribution in [2.24, 2.45) is 5.92 Å². The topological polar surface area (TPSA) is 43.8 Å². The Morgan fingerprint density at radius 3 is 2.74 bits per heavy atom. The number of amides is 1. The lowest BCUT2D eigenvalue weighted by Gasteiger charge is -2.30. The fourth-order valence-electron chi connectivity index (χ4n) is 3.55. The average Bonchev–Trinajstić information content (AvgIpc) is 2.98. The van der Waals surface area contributed by atoms with Crippen LogP contribution in [0.1, 0.15) is 24.9 Å². The van der Waals surface area contributed by atoms with E-state index in [0.717, 1.165) is 13.0 Å². The molecule has 19 heavy (non-hydrogen) atoms. The molecule has 2 fully saturated rings. The van der Waals surface area contributed by atoms with E-state index in [1.807, 2.05) is 6.07 Å². The number of carbonyl (C=O) groups is 1. The fourth-order valence-corrected chi connectivity index (χ4v) is 3.55. The smallest absolute Gasteiger partial charge is 0.407 e. The molecule has 2 unspecified atom stereocenters. The summed E-state index contributed by atoms with van der Waals surface area (Å²) in [6, 6.07) is 11.2. The second-order valence-electron chi connectivity index (χ2n) is 5.63. The van der Waals surface area contributed by atoms with Crippen LogP contribution in [-0.2, 0) is 0 Å². The molecule has 0 aliphatic carbocycles. The number of hydrogen-bond acceptors (Lipinski definition) is 2. The van der Waals surface area contributed by atoms with Crippen molar-refractivity contribution in [1.82, 2.24) is 9.80 Å². The molecule has 2 heterocycles. The summed E-state index contributed by atoms with van der Waals surface area (Å²) in [7, 11) is 0. The van der Waals surface area contributed by atoms with Gasteiger partial charge in [0.15, 0.2) is 0 Å². The number of nitrogens with zero attached hydrogens (tertiary/aromatic N) is 2. The van der Waals surface area contributed by atoms with Crippen LogP contribution in [0.25, 0.3) is 0 Å². The van der Waals surface area contributed by atoms with E-state index < -0.39 is 6.09 Å². The van der Waals surface area contributed by atoms with Crippen LogP contribution in [0.4, 0.5) is 4.79 Å². The number of fused-ring (bicyclic) bond motifs is 1. The van der Waals surface area contributed by atoms with E-state index in [-0.39, 0.29) is 0 Å². The van der Waals surface area contributed by atoms with E-state index in [1.165, 1.54) is 5.56 Å². The van der Waals surface area contributed by atoms with Crippen LogP contribution in [-0.4, -0.2) is 46.7 Å². The minimum Gasteiger partial charge on any atom is -0.465 e. The molecule has 0 spiro atoms.